The number of hydrogen-bond acceptors (Lipinski definition) is 3. The summed E-state index contributed by atoms with van der Waals surface area (Å²) >= 11 is 6.28. The summed E-state index contributed by atoms with van der Waals surface area (Å²) in [6, 6.07) is 6.73. The Bertz CT molecular complexity index is 406. The molecule has 1 heterocycles. The van der Waals surface area contributed by atoms with Gasteiger partial charge >= 0.3 is 0 Å². The predicted molar refractivity (Wildman–Crippen MR) is 79.9 cm³/mol. The zero-order chi connectivity index (χ0) is 13.1. The number of nitrogens with zero attached hydrogens (tertiary/aromatic N) is 2. The van der Waals surface area contributed by atoms with E-state index in [4.69, 9.17) is 11.6 Å². The van der Waals surface area contributed by atoms with Crippen molar-refractivity contribution >= 4 is 23.0 Å². The summed E-state index contributed by atoms with van der Waals surface area (Å²) < 4.78 is 0. The third-order valence-electron chi connectivity index (χ3n) is 3.42. The number of anilines is 2. The maximum absolute atomic E-state index is 6.28. The zero-order valence-corrected chi connectivity index (χ0v) is 12.2. The van der Waals surface area contributed by atoms with Gasteiger partial charge in [-0.05, 0) is 44.6 Å². The van der Waals surface area contributed by atoms with Crippen LogP contribution in [-0.2, 0) is 0 Å². The van der Waals surface area contributed by atoms with E-state index >= 15 is 0 Å². The van der Waals surface area contributed by atoms with Gasteiger partial charge in [-0.1, -0.05) is 11.6 Å². The smallest absolute Gasteiger partial charge is 0.0659 e. The van der Waals surface area contributed by atoms with Gasteiger partial charge in [0, 0.05) is 32.4 Å². The minimum Gasteiger partial charge on any atom is -0.381 e. The molecule has 100 valence electrons. The standard InChI is InChI=1S/C14H22ClN3/c1-17(2)14-7-6-11(9-13(14)15)16-12-5-4-8-18(3)10-12/h6-7,9,12,16H,4-5,8,10H2,1-3H3. The van der Waals surface area contributed by atoms with Gasteiger partial charge in [0.1, 0.15) is 0 Å². The lowest BCUT2D eigenvalue weighted by Crippen LogP contribution is -2.39. The lowest BCUT2D eigenvalue weighted by molar-refractivity contribution is 0.261. The van der Waals surface area contributed by atoms with Crippen molar-refractivity contribution in [2.75, 3.05) is 44.4 Å². The number of rotatable bonds is 3. The minimum absolute atomic E-state index is 0.532. The van der Waals surface area contributed by atoms with E-state index in [1.165, 1.54) is 19.4 Å². The Kier molecular flexibility index (Phi) is 4.36. The van der Waals surface area contributed by atoms with E-state index in [1.807, 2.05) is 25.1 Å². The molecule has 0 saturated carbocycles. The summed E-state index contributed by atoms with van der Waals surface area (Å²) in [4.78, 5) is 4.40. The molecule has 1 unspecified atom stereocenters. The van der Waals surface area contributed by atoms with E-state index in [0.717, 1.165) is 22.9 Å². The maximum atomic E-state index is 6.28. The first-order valence-corrected chi connectivity index (χ1v) is 6.86. The summed E-state index contributed by atoms with van der Waals surface area (Å²) in [5.41, 5.74) is 2.17. The van der Waals surface area contributed by atoms with Gasteiger partial charge in [-0.3, -0.25) is 0 Å². The molecule has 1 aromatic rings. The van der Waals surface area contributed by atoms with Crippen LogP contribution in [-0.4, -0.2) is 45.2 Å². The van der Waals surface area contributed by atoms with E-state index in [-0.39, 0.29) is 0 Å². The highest BCUT2D eigenvalue weighted by Gasteiger charge is 2.17. The average molecular weight is 268 g/mol. The average Bonchev–Trinajstić information content (AvgIpc) is 2.28. The topological polar surface area (TPSA) is 18.5 Å². The van der Waals surface area contributed by atoms with E-state index < -0.39 is 0 Å². The van der Waals surface area contributed by atoms with Gasteiger partial charge in [-0.25, -0.2) is 0 Å². The molecule has 4 heteroatoms. The fraction of sp³-hybridized carbons (Fsp3) is 0.571. The molecule has 1 aliphatic rings. The fourth-order valence-electron chi connectivity index (χ4n) is 2.48. The van der Waals surface area contributed by atoms with Crippen molar-refractivity contribution in [1.29, 1.82) is 0 Å². The van der Waals surface area contributed by atoms with Crippen molar-refractivity contribution < 1.29 is 0 Å². The second-order valence-corrected chi connectivity index (χ2v) is 5.71. The largest absolute Gasteiger partial charge is 0.381 e. The van der Waals surface area contributed by atoms with Crippen LogP contribution in [0.25, 0.3) is 0 Å². The molecule has 1 atom stereocenters. The summed E-state index contributed by atoms with van der Waals surface area (Å²) in [5.74, 6) is 0. The van der Waals surface area contributed by atoms with Crippen LogP contribution in [0.5, 0.6) is 0 Å². The fourth-order valence-corrected chi connectivity index (χ4v) is 2.83. The molecule has 1 N–H and O–H groups in total. The molecular formula is C14H22ClN3. The molecule has 0 aliphatic carbocycles. The first-order valence-electron chi connectivity index (χ1n) is 6.48. The van der Waals surface area contributed by atoms with Crippen LogP contribution >= 0.6 is 11.6 Å². The molecule has 1 fully saturated rings. The van der Waals surface area contributed by atoms with Gasteiger partial charge < -0.3 is 15.1 Å². The first-order chi connectivity index (χ1) is 8.56. The lowest BCUT2D eigenvalue weighted by atomic mass is 10.1. The number of likely N-dealkylation sites (tertiary alicyclic amines) is 1. The normalized spacial score (nSPS) is 20.8. The van der Waals surface area contributed by atoms with Crippen molar-refractivity contribution in [3.8, 4) is 0 Å². The number of benzene rings is 1. The molecule has 0 aromatic heterocycles. The first kappa shape index (κ1) is 13.5. The quantitative estimate of drug-likeness (QED) is 0.909. The number of piperidine rings is 1. The van der Waals surface area contributed by atoms with Gasteiger partial charge in [0.2, 0.25) is 0 Å². The monoisotopic (exact) mass is 267 g/mol. The molecule has 2 rings (SSSR count). The van der Waals surface area contributed by atoms with Crippen LogP contribution < -0.4 is 10.2 Å². The van der Waals surface area contributed by atoms with Crippen LogP contribution in [0.1, 0.15) is 12.8 Å². The van der Waals surface area contributed by atoms with Crippen molar-refractivity contribution in [2.45, 2.75) is 18.9 Å². The van der Waals surface area contributed by atoms with Gasteiger partial charge in [0.05, 0.1) is 10.7 Å². The van der Waals surface area contributed by atoms with Crippen LogP contribution in [0.2, 0.25) is 5.02 Å². The van der Waals surface area contributed by atoms with Crippen LogP contribution in [0.15, 0.2) is 18.2 Å². The highest BCUT2D eigenvalue weighted by atomic mass is 35.5. The van der Waals surface area contributed by atoms with Crippen molar-refractivity contribution in [2.24, 2.45) is 0 Å². The molecule has 18 heavy (non-hydrogen) atoms. The SMILES string of the molecule is CN1CCCC(Nc2ccc(N(C)C)c(Cl)c2)C1. The van der Waals surface area contributed by atoms with E-state index in [9.17, 15) is 0 Å². The van der Waals surface area contributed by atoms with E-state index in [0.29, 0.717) is 6.04 Å². The Morgan fingerprint density at radius 2 is 2.17 bits per heavy atom. The number of likely N-dealkylation sites (N-methyl/N-ethyl adjacent to an activating group) is 1. The molecule has 0 bridgehead atoms. The highest BCUT2D eigenvalue weighted by molar-refractivity contribution is 6.33. The second-order valence-electron chi connectivity index (χ2n) is 5.31. The Labute approximate surface area is 115 Å². The van der Waals surface area contributed by atoms with Gasteiger partial charge in [-0.2, -0.15) is 0 Å². The lowest BCUT2D eigenvalue weighted by Gasteiger charge is -2.31. The number of nitrogens with one attached hydrogen (secondary N) is 1. The molecule has 3 nitrogen and oxygen atoms in total. The summed E-state index contributed by atoms with van der Waals surface area (Å²) in [5, 5.41) is 4.37. The van der Waals surface area contributed by atoms with Crippen LogP contribution in [0, 0.1) is 0 Å². The Balaban J connectivity index is 2.03. The van der Waals surface area contributed by atoms with Crippen LogP contribution in [0.4, 0.5) is 11.4 Å². The van der Waals surface area contributed by atoms with Gasteiger partial charge in [0.25, 0.3) is 0 Å². The molecule has 1 aliphatic heterocycles. The number of halogens is 1. The third-order valence-corrected chi connectivity index (χ3v) is 3.73. The minimum atomic E-state index is 0.532. The zero-order valence-electron chi connectivity index (χ0n) is 11.4. The van der Waals surface area contributed by atoms with E-state index in [2.05, 4.69) is 29.4 Å². The van der Waals surface area contributed by atoms with Crippen LogP contribution in [0.3, 0.4) is 0 Å². The highest BCUT2D eigenvalue weighted by Crippen LogP contribution is 2.28. The summed E-state index contributed by atoms with van der Waals surface area (Å²) in [6.07, 6.45) is 2.50. The van der Waals surface area contributed by atoms with Crippen molar-refractivity contribution in [3.63, 3.8) is 0 Å². The summed E-state index contributed by atoms with van der Waals surface area (Å²) in [6.45, 7) is 2.31. The molecule has 0 radical (unpaired) electrons. The third kappa shape index (κ3) is 3.30. The predicted octanol–water partition coefficient (Wildman–Crippen LogP) is 2.91. The molecular weight excluding hydrogens is 246 g/mol. The van der Waals surface area contributed by atoms with Gasteiger partial charge in [-0.15, -0.1) is 0 Å². The second kappa shape index (κ2) is 5.81. The van der Waals surface area contributed by atoms with Crippen molar-refractivity contribution in [3.05, 3.63) is 23.2 Å². The summed E-state index contributed by atoms with van der Waals surface area (Å²) in [7, 11) is 6.19. The Hall–Kier alpha value is -0.930. The maximum Gasteiger partial charge on any atom is 0.0659 e. The Morgan fingerprint density at radius 3 is 2.78 bits per heavy atom. The molecule has 1 saturated heterocycles. The molecule has 0 amide bonds. The molecule has 1 aromatic carbocycles. The number of hydrogen-bond donors (Lipinski definition) is 1. The van der Waals surface area contributed by atoms with E-state index in [1.54, 1.807) is 0 Å². The Morgan fingerprint density at radius 1 is 1.39 bits per heavy atom. The van der Waals surface area contributed by atoms with Gasteiger partial charge in [0.15, 0.2) is 0 Å². The van der Waals surface area contributed by atoms with Crippen molar-refractivity contribution in [1.82, 2.24) is 4.90 Å². The molecule has 0 spiro atoms.